The zero-order chi connectivity index (χ0) is 21.3. The zero-order valence-electron chi connectivity index (χ0n) is 16.9. The number of fused-ring (bicyclic) bond motifs is 1. The first kappa shape index (κ1) is 20.0. The number of nitrogens with zero attached hydrogens (tertiary/aromatic N) is 3. The Bertz CT molecular complexity index is 1120. The molecule has 1 aliphatic rings. The van der Waals surface area contributed by atoms with Crippen LogP contribution in [-0.2, 0) is 23.1 Å². The van der Waals surface area contributed by atoms with Crippen molar-refractivity contribution in [2.75, 3.05) is 10.6 Å². The van der Waals surface area contributed by atoms with Gasteiger partial charge in [0.1, 0.15) is 22.3 Å². The molecule has 9 heteroatoms. The molecule has 0 bridgehead atoms. The van der Waals surface area contributed by atoms with Crippen LogP contribution in [0.5, 0.6) is 11.5 Å². The maximum atomic E-state index is 12.3. The van der Waals surface area contributed by atoms with Crippen LogP contribution < -0.4 is 15.4 Å². The number of ketones is 1. The number of anilines is 2. The number of pyridine rings is 1. The normalized spacial score (nSPS) is 13.1. The van der Waals surface area contributed by atoms with Gasteiger partial charge in [0.15, 0.2) is 0 Å². The molecule has 154 valence electrons. The average molecular weight is 423 g/mol. The molecule has 0 aliphatic heterocycles. The summed E-state index contributed by atoms with van der Waals surface area (Å²) >= 11 is 1.34. The lowest BCUT2D eigenvalue weighted by molar-refractivity contribution is -0.117. The highest BCUT2D eigenvalue weighted by atomic mass is 32.1. The second-order valence-corrected chi connectivity index (χ2v) is 8.98. The lowest BCUT2D eigenvalue weighted by Crippen LogP contribution is -2.19. The molecule has 4 rings (SSSR count). The molecule has 2 amide bonds. The number of aromatic nitrogens is 3. The Morgan fingerprint density at radius 3 is 2.73 bits per heavy atom. The first-order valence-electron chi connectivity index (χ1n) is 9.46. The smallest absolute Gasteiger partial charge is 0.325 e. The largest absolute Gasteiger partial charge is 0.457 e. The molecule has 2 N–H and O–H groups in total. The van der Waals surface area contributed by atoms with Crippen molar-refractivity contribution in [1.29, 1.82) is 0 Å². The number of urea groups is 1. The van der Waals surface area contributed by atoms with Gasteiger partial charge in [-0.15, -0.1) is 10.2 Å². The van der Waals surface area contributed by atoms with Crippen LogP contribution in [0.1, 0.15) is 37.0 Å². The van der Waals surface area contributed by atoms with Gasteiger partial charge in [0, 0.05) is 41.8 Å². The van der Waals surface area contributed by atoms with Gasteiger partial charge in [0.25, 0.3) is 0 Å². The molecule has 2 heterocycles. The van der Waals surface area contributed by atoms with Gasteiger partial charge < -0.3 is 10.1 Å². The van der Waals surface area contributed by atoms with E-state index in [2.05, 4.69) is 25.8 Å². The lowest BCUT2D eigenvalue weighted by atomic mass is 9.98. The third-order valence-corrected chi connectivity index (χ3v) is 5.71. The van der Waals surface area contributed by atoms with Gasteiger partial charge in [0.05, 0.1) is 5.69 Å². The van der Waals surface area contributed by atoms with Crippen LogP contribution in [0.3, 0.4) is 0 Å². The van der Waals surface area contributed by atoms with Crippen molar-refractivity contribution < 1.29 is 14.3 Å². The van der Waals surface area contributed by atoms with Crippen LogP contribution in [0.2, 0.25) is 0 Å². The quantitative estimate of drug-likeness (QED) is 0.647. The minimum absolute atomic E-state index is 0.127. The number of nitrogens with one attached hydrogen (secondary N) is 2. The van der Waals surface area contributed by atoms with E-state index in [4.69, 9.17) is 4.74 Å². The topological polar surface area (TPSA) is 106 Å². The summed E-state index contributed by atoms with van der Waals surface area (Å²) in [5.74, 6) is 1.29. The number of hydrogen-bond acceptors (Lipinski definition) is 7. The van der Waals surface area contributed by atoms with Crippen molar-refractivity contribution in [3.05, 3.63) is 52.8 Å². The summed E-state index contributed by atoms with van der Waals surface area (Å²) in [6.07, 6.45) is 2.31. The Labute approximate surface area is 177 Å². The fourth-order valence-electron chi connectivity index (χ4n) is 3.00. The predicted octanol–water partition coefficient (Wildman–Crippen LogP) is 4.33. The van der Waals surface area contributed by atoms with Crippen molar-refractivity contribution in [2.24, 2.45) is 0 Å². The maximum absolute atomic E-state index is 12.3. The second-order valence-electron chi connectivity index (χ2n) is 8.00. The van der Waals surface area contributed by atoms with Crippen LogP contribution in [0.4, 0.5) is 15.6 Å². The van der Waals surface area contributed by atoms with Crippen molar-refractivity contribution in [2.45, 2.75) is 39.0 Å². The van der Waals surface area contributed by atoms with E-state index in [-0.39, 0.29) is 11.2 Å². The Hall–Kier alpha value is -3.33. The molecule has 0 radical (unpaired) electrons. The summed E-state index contributed by atoms with van der Waals surface area (Å²) in [4.78, 5) is 28.3. The molecule has 0 spiro atoms. The number of carbonyl (C=O) groups excluding carboxylic acids is 2. The molecule has 1 aliphatic carbocycles. The van der Waals surface area contributed by atoms with Gasteiger partial charge in [-0.2, -0.15) is 0 Å². The number of benzene rings is 1. The highest BCUT2D eigenvalue weighted by molar-refractivity contribution is 7.15. The van der Waals surface area contributed by atoms with E-state index >= 15 is 0 Å². The molecule has 0 unspecified atom stereocenters. The molecule has 0 atom stereocenters. The van der Waals surface area contributed by atoms with Gasteiger partial charge in [0.2, 0.25) is 5.13 Å². The SMILES string of the molecule is CC(C)(C)c1nnc(NC(=O)Nc2cccc(Oc3ccnc4c3CC(=O)C4)c2)s1. The van der Waals surface area contributed by atoms with E-state index < -0.39 is 6.03 Å². The Morgan fingerprint density at radius 1 is 1.13 bits per heavy atom. The van der Waals surface area contributed by atoms with Crippen LogP contribution in [0.15, 0.2) is 36.5 Å². The summed E-state index contributed by atoms with van der Waals surface area (Å²) in [6.45, 7) is 6.12. The molecule has 1 aromatic carbocycles. The van der Waals surface area contributed by atoms with E-state index in [1.165, 1.54) is 11.3 Å². The van der Waals surface area contributed by atoms with E-state index in [0.717, 1.165) is 16.3 Å². The van der Waals surface area contributed by atoms with Gasteiger partial charge in [-0.1, -0.05) is 38.2 Å². The van der Waals surface area contributed by atoms with Gasteiger partial charge in [-0.25, -0.2) is 4.79 Å². The Morgan fingerprint density at radius 2 is 1.97 bits per heavy atom. The van der Waals surface area contributed by atoms with Crippen LogP contribution >= 0.6 is 11.3 Å². The number of ether oxygens (including phenoxy) is 1. The number of amides is 2. The van der Waals surface area contributed by atoms with E-state index in [9.17, 15) is 9.59 Å². The predicted molar refractivity (Wildman–Crippen MR) is 114 cm³/mol. The Balaban J connectivity index is 1.43. The third kappa shape index (κ3) is 4.46. The average Bonchev–Trinajstić information content (AvgIpc) is 3.28. The highest BCUT2D eigenvalue weighted by Crippen LogP contribution is 2.32. The van der Waals surface area contributed by atoms with E-state index in [1.54, 1.807) is 36.5 Å². The molecule has 0 saturated carbocycles. The van der Waals surface area contributed by atoms with Crippen molar-refractivity contribution in [1.82, 2.24) is 15.2 Å². The molecule has 8 nitrogen and oxygen atoms in total. The van der Waals surface area contributed by atoms with Crippen molar-refractivity contribution >= 4 is 34.0 Å². The fraction of sp³-hybridized carbons (Fsp3) is 0.286. The number of rotatable bonds is 4. The third-order valence-electron chi connectivity index (χ3n) is 4.45. The van der Waals surface area contributed by atoms with E-state index in [1.807, 2.05) is 20.8 Å². The molecule has 2 aromatic heterocycles. The van der Waals surface area contributed by atoms with Gasteiger partial charge in [-0.3, -0.25) is 15.1 Å². The minimum atomic E-state index is -0.417. The molecule has 0 saturated heterocycles. The molecule has 3 aromatic rings. The number of Topliss-reactive ketones (excluding diaryl/α,β-unsaturated/α-hetero) is 1. The van der Waals surface area contributed by atoms with Crippen molar-refractivity contribution in [3.8, 4) is 11.5 Å². The van der Waals surface area contributed by atoms with Crippen LogP contribution in [0, 0.1) is 0 Å². The first-order chi connectivity index (χ1) is 14.3. The first-order valence-corrected chi connectivity index (χ1v) is 10.3. The number of hydrogen-bond donors (Lipinski definition) is 2. The van der Waals surface area contributed by atoms with Crippen LogP contribution in [-0.4, -0.2) is 27.0 Å². The summed E-state index contributed by atoms with van der Waals surface area (Å²) in [5.41, 5.74) is 2.02. The van der Waals surface area contributed by atoms with Gasteiger partial charge >= 0.3 is 6.03 Å². The van der Waals surface area contributed by atoms with Gasteiger partial charge in [-0.05, 0) is 18.2 Å². The number of carbonyl (C=O) groups is 2. The summed E-state index contributed by atoms with van der Waals surface area (Å²) in [5, 5.41) is 14.9. The van der Waals surface area contributed by atoms with Crippen molar-refractivity contribution in [3.63, 3.8) is 0 Å². The second kappa shape index (κ2) is 7.83. The molecule has 0 fully saturated rings. The highest BCUT2D eigenvalue weighted by Gasteiger charge is 2.24. The summed E-state index contributed by atoms with van der Waals surface area (Å²) < 4.78 is 5.97. The molecular weight excluding hydrogens is 402 g/mol. The zero-order valence-corrected chi connectivity index (χ0v) is 17.7. The monoisotopic (exact) mass is 423 g/mol. The summed E-state index contributed by atoms with van der Waals surface area (Å²) in [6, 6.07) is 8.36. The fourth-order valence-corrected chi connectivity index (χ4v) is 3.80. The standard InChI is InChI=1S/C21H21N5O3S/c1-21(2,3)18-25-26-20(30-18)24-19(28)23-12-5-4-6-14(9-12)29-17-7-8-22-16-11-13(27)10-15(16)17/h4-9H,10-11H2,1-3H3,(H2,23,24,26,28). The lowest BCUT2D eigenvalue weighted by Gasteiger charge is -2.12. The Kier molecular flexibility index (Phi) is 5.21. The maximum Gasteiger partial charge on any atom is 0.325 e. The minimum Gasteiger partial charge on any atom is -0.457 e. The summed E-state index contributed by atoms with van der Waals surface area (Å²) in [7, 11) is 0. The molecule has 30 heavy (non-hydrogen) atoms. The van der Waals surface area contributed by atoms with E-state index in [0.29, 0.717) is 35.2 Å². The molecular formula is C21H21N5O3S. The van der Waals surface area contributed by atoms with Crippen LogP contribution in [0.25, 0.3) is 0 Å².